The third kappa shape index (κ3) is 3.57. The molecule has 0 radical (unpaired) electrons. The van der Waals surface area contributed by atoms with Crippen molar-refractivity contribution >= 4 is 28.7 Å². The summed E-state index contributed by atoms with van der Waals surface area (Å²) in [6, 6.07) is 3.99. The molecule has 0 spiro atoms. The molecule has 1 aromatic heterocycles. The van der Waals surface area contributed by atoms with Gasteiger partial charge in [-0.05, 0) is 52.5 Å². The average molecular weight is 301 g/mol. The molecular weight excluding hydrogens is 280 g/mol. The van der Waals surface area contributed by atoms with E-state index in [-0.39, 0.29) is 11.8 Å². The van der Waals surface area contributed by atoms with Gasteiger partial charge in [-0.3, -0.25) is 9.69 Å². The highest BCUT2D eigenvalue weighted by Crippen LogP contribution is 2.24. The van der Waals surface area contributed by atoms with Crippen LogP contribution in [0.4, 0.5) is 0 Å². The van der Waals surface area contributed by atoms with Crippen molar-refractivity contribution in [3.05, 3.63) is 21.3 Å². The Bertz CT molecular complexity index is 448. The Morgan fingerprint density at radius 1 is 1.58 bits per heavy atom. The molecule has 1 saturated heterocycles. The number of likely N-dealkylation sites (tertiary alicyclic amines) is 1. The second-order valence-corrected chi connectivity index (χ2v) is 7.08. The highest BCUT2D eigenvalue weighted by Gasteiger charge is 2.28. The van der Waals surface area contributed by atoms with E-state index in [2.05, 4.69) is 23.9 Å². The molecule has 0 bridgehead atoms. The number of hydrogen-bond donors (Lipinski definition) is 0. The van der Waals surface area contributed by atoms with Crippen molar-refractivity contribution in [2.75, 3.05) is 27.2 Å². The maximum atomic E-state index is 12.4. The van der Waals surface area contributed by atoms with Crippen LogP contribution in [0.15, 0.2) is 12.1 Å². The Balaban J connectivity index is 2.02. The summed E-state index contributed by atoms with van der Waals surface area (Å²) in [5, 5.41) is 0. The predicted molar refractivity (Wildman–Crippen MR) is 81.4 cm³/mol. The number of nitrogens with zero attached hydrogens (tertiary/aromatic N) is 2. The standard InChI is InChI=1S/C14H21ClN2OS/c1-10(14(18)12-6-7-13(15)19-12)17(3)11-5-4-8-16(2)9-11/h6-7,10-11H,4-5,8-9H2,1-3H3. The molecule has 106 valence electrons. The number of carbonyl (C=O) groups excluding carboxylic acids is 1. The fourth-order valence-electron chi connectivity index (χ4n) is 2.63. The summed E-state index contributed by atoms with van der Waals surface area (Å²) in [4.78, 5) is 17.7. The molecule has 0 amide bonds. The zero-order chi connectivity index (χ0) is 14.0. The Labute approximate surface area is 124 Å². The Kier molecular flexibility index (Phi) is 5.01. The van der Waals surface area contributed by atoms with Crippen molar-refractivity contribution in [1.29, 1.82) is 0 Å². The normalized spacial score (nSPS) is 22.7. The fraction of sp³-hybridized carbons (Fsp3) is 0.643. The van der Waals surface area contributed by atoms with Gasteiger partial charge < -0.3 is 4.90 Å². The SMILES string of the molecule is CC(C(=O)c1ccc(Cl)s1)N(C)C1CCCN(C)C1. The van der Waals surface area contributed by atoms with Gasteiger partial charge in [0.25, 0.3) is 0 Å². The Morgan fingerprint density at radius 3 is 2.89 bits per heavy atom. The Hall–Kier alpha value is -0.420. The van der Waals surface area contributed by atoms with Gasteiger partial charge in [-0.2, -0.15) is 0 Å². The number of Topliss-reactive ketones (excluding diaryl/α,β-unsaturated/α-hetero) is 1. The van der Waals surface area contributed by atoms with E-state index in [4.69, 9.17) is 11.6 Å². The van der Waals surface area contributed by atoms with Gasteiger partial charge in [0.05, 0.1) is 15.3 Å². The maximum absolute atomic E-state index is 12.4. The third-order valence-electron chi connectivity index (χ3n) is 3.98. The molecule has 0 saturated carbocycles. The van der Waals surface area contributed by atoms with E-state index < -0.39 is 0 Å². The molecule has 2 atom stereocenters. The number of halogens is 1. The van der Waals surface area contributed by atoms with Crippen LogP contribution in [0.5, 0.6) is 0 Å². The minimum absolute atomic E-state index is 0.0915. The van der Waals surface area contributed by atoms with Crippen LogP contribution in [0.25, 0.3) is 0 Å². The first-order valence-electron chi connectivity index (χ1n) is 6.69. The number of likely N-dealkylation sites (N-methyl/N-ethyl adjacent to an activating group) is 2. The summed E-state index contributed by atoms with van der Waals surface area (Å²) in [6.45, 7) is 4.19. The third-order valence-corrected chi connectivity index (χ3v) is 5.23. The van der Waals surface area contributed by atoms with E-state index in [1.54, 1.807) is 6.07 Å². The largest absolute Gasteiger partial charge is 0.305 e. The van der Waals surface area contributed by atoms with Gasteiger partial charge in [0, 0.05) is 12.6 Å². The van der Waals surface area contributed by atoms with Crippen LogP contribution < -0.4 is 0 Å². The smallest absolute Gasteiger partial charge is 0.189 e. The molecule has 5 heteroatoms. The minimum atomic E-state index is -0.0915. The first kappa shape index (κ1) is 15.0. The maximum Gasteiger partial charge on any atom is 0.189 e. The molecule has 2 heterocycles. The molecular formula is C14H21ClN2OS. The zero-order valence-corrected chi connectivity index (χ0v) is 13.3. The molecule has 0 aromatic carbocycles. The molecule has 1 fully saturated rings. The summed E-state index contributed by atoms with van der Waals surface area (Å²) >= 11 is 7.27. The lowest BCUT2D eigenvalue weighted by Crippen LogP contribution is -2.50. The van der Waals surface area contributed by atoms with Crippen LogP contribution in [0.2, 0.25) is 4.34 Å². The lowest BCUT2D eigenvalue weighted by atomic mass is 10.0. The van der Waals surface area contributed by atoms with Gasteiger partial charge in [-0.15, -0.1) is 11.3 Å². The molecule has 1 aliphatic heterocycles. The summed E-state index contributed by atoms with van der Waals surface area (Å²) in [6.07, 6.45) is 2.38. The van der Waals surface area contributed by atoms with E-state index in [0.29, 0.717) is 10.4 Å². The molecule has 0 aliphatic carbocycles. The summed E-state index contributed by atoms with van der Waals surface area (Å²) in [7, 11) is 4.20. The quantitative estimate of drug-likeness (QED) is 0.799. The summed E-state index contributed by atoms with van der Waals surface area (Å²) in [5.74, 6) is 0.174. The molecule has 2 unspecified atom stereocenters. The topological polar surface area (TPSA) is 23.6 Å². The van der Waals surface area contributed by atoms with E-state index in [0.717, 1.165) is 18.0 Å². The van der Waals surface area contributed by atoms with E-state index in [1.165, 1.54) is 24.2 Å². The van der Waals surface area contributed by atoms with Crippen molar-refractivity contribution in [1.82, 2.24) is 9.80 Å². The lowest BCUT2D eigenvalue weighted by Gasteiger charge is -2.38. The lowest BCUT2D eigenvalue weighted by molar-refractivity contribution is 0.0712. The number of piperidine rings is 1. The highest BCUT2D eigenvalue weighted by molar-refractivity contribution is 7.18. The summed E-state index contributed by atoms with van der Waals surface area (Å²) < 4.78 is 0.676. The fourth-order valence-corrected chi connectivity index (χ4v) is 3.69. The van der Waals surface area contributed by atoms with Crippen molar-refractivity contribution in [2.45, 2.75) is 31.8 Å². The van der Waals surface area contributed by atoms with Crippen LogP contribution in [-0.4, -0.2) is 54.9 Å². The van der Waals surface area contributed by atoms with Crippen molar-refractivity contribution in [3.63, 3.8) is 0 Å². The van der Waals surface area contributed by atoms with Gasteiger partial charge in [0.2, 0.25) is 0 Å². The molecule has 3 nitrogen and oxygen atoms in total. The van der Waals surface area contributed by atoms with Gasteiger partial charge in [-0.1, -0.05) is 11.6 Å². The summed E-state index contributed by atoms with van der Waals surface area (Å²) in [5.41, 5.74) is 0. The first-order chi connectivity index (χ1) is 8.99. The number of ketones is 1. The molecule has 1 aromatic rings. The van der Waals surface area contributed by atoms with Crippen molar-refractivity contribution in [3.8, 4) is 0 Å². The number of thiophene rings is 1. The van der Waals surface area contributed by atoms with Gasteiger partial charge >= 0.3 is 0 Å². The van der Waals surface area contributed by atoms with Gasteiger partial charge in [-0.25, -0.2) is 0 Å². The van der Waals surface area contributed by atoms with Crippen LogP contribution in [0, 0.1) is 0 Å². The monoisotopic (exact) mass is 300 g/mol. The van der Waals surface area contributed by atoms with E-state index in [9.17, 15) is 4.79 Å². The molecule has 2 rings (SSSR count). The Morgan fingerprint density at radius 2 is 2.32 bits per heavy atom. The highest BCUT2D eigenvalue weighted by atomic mass is 35.5. The van der Waals surface area contributed by atoms with Crippen LogP contribution >= 0.6 is 22.9 Å². The number of rotatable bonds is 4. The van der Waals surface area contributed by atoms with Gasteiger partial charge in [0.15, 0.2) is 5.78 Å². The second-order valence-electron chi connectivity index (χ2n) is 5.37. The number of hydrogen-bond acceptors (Lipinski definition) is 4. The zero-order valence-electron chi connectivity index (χ0n) is 11.7. The van der Waals surface area contributed by atoms with Gasteiger partial charge in [0.1, 0.15) is 0 Å². The predicted octanol–water partition coefficient (Wildman–Crippen LogP) is 3.00. The molecule has 0 N–H and O–H groups in total. The van der Waals surface area contributed by atoms with Crippen LogP contribution in [0.1, 0.15) is 29.4 Å². The minimum Gasteiger partial charge on any atom is -0.305 e. The molecule has 19 heavy (non-hydrogen) atoms. The first-order valence-corrected chi connectivity index (χ1v) is 7.88. The van der Waals surface area contributed by atoms with Crippen LogP contribution in [-0.2, 0) is 0 Å². The van der Waals surface area contributed by atoms with Crippen molar-refractivity contribution in [2.24, 2.45) is 0 Å². The van der Waals surface area contributed by atoms with E-state index >= 15 is 0 Å². The average Bonchev–Trinajstić information content (AvgIpc) is 2.83. The van der Waals surface area contributed by atoms with E-state index in [1.807, 2.05) is 13.0 Å². The number of carbonyl (C=O) groups is 1. The second kappa shape index (κ2) is 6.35. The van der Waals surface area contributed by atoms with Crippen molar-refractivity contribution < 1.29 is 4.79 Å². The van der Waals surface area contributed by atoms with Crippen LogP contribution in [0.3, 0.4) is 0 Å². The molecule has 1 aliphatic rings.